The van der Waals surface area contributed by atoms with E-state index in [1.165, 1.54) is 5.56 Å². The van der Waals surface area contributed by atoms with Gasteiger partial charge in [-0.15, -0.1) is 0 Å². The van der Waals surface area contributed by atoms with Gasteiger partial charge in [0.05, 0.1) is 41.5 Å². The monoisotopic (exact) mass is 654 g/mol. The van der Waals surface area contributed by atoms with E-state index < -0.39 is 17.2 Å². The number of hydrogen-bond donors (Lipinski definition) is 2. The average molecular weight is 655 g/mol. The first-order valence-electron chi connectivity index (χ1n) is 17.2. The van der Waals surface area contributed by atoms with Crippen molar-refractivity contribution in [2.24, 2.45) is 0 Å². The minimum atomic E-state index is -0.882. The number of carbonyl (C=O) groups is 1. The fourth-order valence-corrected chi connectivity index (χ4v) is 7.88. The predicted molar refractivity (Wildman–Crippen MR) is 192 cm³/mol. The summed E-state index contributed by atoms with van der Waals surface area (Å²) >= 11 is 0. The van der Waals surface area contributed by atoms with Crippen LogP contribution in [0.1, 0.15) is 51.2 Å². The smallest absolute Gasteiger partial charge is 0.408 e. The number of para-hydroxylation sites is 1. The zero-order chi connectivity index (χ0) is 33.8. The lowest BCUT2D eigenvalue weighted by molar-refractivity contribution is -0.0328. The van der Waals surface area contributed by atoms with E-state index in [1.54, 1.807) is 11.1 Å². The number of aromatic nitrogens is 3. The molecule has 2 fully saturated rings. The molecule has 2 N–H and O–H groups in total. The maximum atomic E-state index is 12.7. The molecule has 1 aliphatic carbocycles. The quantitative estimate of drug-likeness (QED) is 0.187. The molecule has 8 rings (SSSR count). The fourth-order valence-electron chi connectivity index (χ4n) is 7.88. The highest BCUT2D eigenvalue weighted by atomic mass is 16.5. The van der Waals surface area contributed by atoms with Gasteiger partial charge in [0.15, 0.2) is 5.82 Å². The Labute approximate surface area is 287 Å². The highest BCUT2D eigenvalue weighted by Crippen LogP contribution is 2.50. The van der Waals surface area contributed by atoms with Gasteiger partial charge in [0.1, 0.15) is 5.82 Å². The number of ether oxygens (including phenoxy) is 1. The average Bonchev–Trinajstić information content (AvgIpc) is 3.41. The second-order valence-corrected chi connectivity index (χ2v) is 14.3. The van der Waals surface area contributed by atoms with Crippen LogP contribution < -0.4 is 5.32 Å². The summed E-state index contributed by atoms with van der Waals surface area (Å²) < 4.78 is 7.78. The van der Waals surface area contributed by atoms with Gasteiger partial charge in [-0.25, -0.2) is 14.8 Å². The lowest BCUT2D eigenvalue weighted by atomic mass is 9.69. The normalized spacial score (nSPS) is 16.7. The van der Waals surface area contributed by atoms with Gasteiger partial charge in [0, 0.05) is 48.1 Å². The summed E-state index contributed by atoms with van der Waals surface area (Å²) in [4.78, 5) is 26.9. The summed E-state index contributed by atoms with van der Waals surface area (Å²) in [5, 5.41) is 13.9. The van der Waals surface area contributed by atoms with Crippen LogP contribution in [0.5, 0.6) is 0 Å². The third kappa shape index (κ3) is 5.47. The zero-order valence-corrected chi connectivity index (χ0v) is 28.3. The summed E-state index contributed by atoms with van der Waals surface area (Å²) in [6, 6.07) is 29.6. The molecule has 0 unspecified atom stereocenters. The highest BCUT2D eigenvalue weighted by Gasteiger charge is 2.50. The lowest BCUT2D eigenvalue weighted by Crippen LogP contribution is -2.60. The van der Waals surface area contributed by atoms with Crippen LogP contribution in [0.2, 0.25) is 0 Å². The molecule has 2 aromatic heterocycles. The van der Waals surface area contributed by atoms with E-state index in [1.807, 2.05) is 39.0 Å². The Morgan fingerprint density at radius 3 is 2.33 bits per heavy atom. The SMILES string of the molecule is CC(C)(C)N(C(=O)O)C1(c2ccc(-c3c(-c4ccc(CN5CCOCC5)cc4)nc4n3-c3cccnc3Nc3ccccc3-4)cc2)CCC1. The van der Waals surface area contributed by atoms with E-state index in [9.17, 15) is 9.90 Å². The van der Waals surface area contributed by atoms with Gasteiger partial charge < -0.3 is 15.2 Å². The van der Waals surface area contributed by atoms with Gasteiger partial charge >= 0.3 is 6.09 Å². The zero-order valence-electron chi connectivity index (χ0n) is 28.3. The number of nitrogens with one attached hydrogen (secondary N) is 1. The van der Waals surface area contributed by atoms with Crippen LogP contribution in [0.3, 0.4) is 0 Å². The van der Waals surface area contributed by atoms with Crippen LogP contribution in [-0.2, 0) is 16.8 Å². The van der Waals surface area contributed by atoms with Crippen LogP contribution >= 0.6 is 0 Å². The molecule has 0 radical (unpaired) electrons. The first-order chi connectivity index (χ1) is 23.7. The number of amides is 1. The summed E-state index contributed by atoms with van der Waals surface area (Å²) in [5.41, 5.74) is 7.92. The number of anilines is 2. The lowest BCUT2D eigenvalue weighted by Gasteiger charge is -2.54. The molecule has 9 nitrogen and oxygen atoms in total. The first-order valence-corrected chi connectivity index (χ1v) is 17.2. The topological polar surface area (TPSA) is 95.8 Å². The molecule has 250 valence electrons. The number of hydrogen-bond acceptors (Lipinski definition) is 6. The Balaban J connectivity index is 1.28. The van der Waals surface area contributed by atoms with Crippen molar-refractivity contribution in [3.8, 4) is 39.6 Å². The molecule has 49 heavy (non-hydrogen) atoms. The molecular formula is C40H42N6O3. The fraction of sp³-hybridized carbons (Fsp3) is 0.325. The van der Waals surface area contributed by atoms with Gasteiger partial charge in [0.2, 0.25) is 0 Å². The third-order valence-electron chi connectivity index (χ3n) is 10.2. The Bertz CT molecular complexity index is 2000. The molecule has 2 aliphatic heterocycles. The van der Waals surface area contributed by atoms with E-state index in [0.29, 0.717) is 0 Å². The molecule has 1 amide bonds. The van der Waals surface area contributed by atoms with E-state index in [-0.39, 0.29) is 0 Å². The van der Waals surface area contributed by atoms with E-state index in [0.717, 1.165) is 109 Å². The third-order valence-corrected chi connectivity index (χ3v) is 10.2. The van der Waals surface area contributed by atoms with Crippen LogP contribution in [0.4, 0.5) is 16.3 Å². The van der Waals surface area contributed by atoms with E-state index in [2.05, 4.69) is 81.5 Å². The molecule has 0 atom stereocenters. The largest absolute Gasteiger partial charge is 0.465 e. The number of pyridine rings is 1. The Morgan fingerprint density at radius 1 is 0.939 bits per heavy atom. The number of morpholine rings is 1. The Hall–Kier alpha value is -4.99. The van der Waals surface area contributed by atoms with Gasteiger partial charge in [-0.3, -0.25) is 14.4 Å². The summed E-state index contributed by atoms with van der Waals surface area (Å²) in [5.74, 6) is 1.59. The molecular weight excluding hydrogens is 612 g/mol. The predicted octanol–water partition coefficient (Wildman–Crippen LogP) is 8.32. The van der Waals surface area contributed by atoms with Crippen LogP contribution in [0.15, 0.2) is 91.1 Å². The van der Waals surface area contributed by atoms with Crippen molar-refractivity contribution in [1.82, 2.24) is 24.3 Å². The van der Waals surface area contributed by atoms with Crippen molar-refractivity contribution in [3.63, 3.8) is 0 Å². The maximum Gasteiger partial charge on any atom is 0.408 e. The number of rotatable bonds is 6. The molecule has 4 heterocycles. The van der Waals surface area contributed by atoms with E-state index in [4.69, 9.17) is 14.7 Å². The Kier molecular flexibility index (Phi) is 7.76. The molecule has 3 aliphatic rings. The number of carboxylic acid groups (broad SMARTS) is 1. The highest BCUT2D eigenvalue weighted by molar-refractivity contribution is 5.91. The van der Waals surface area contributed by atoms with Crippen molar-refractivity contribution >= 4 is 17.6 Å². The second kappa shape index (κ2) is 12.2. The molecule has 0 bridgehead atoms. The second-order valence-electron chi connectivity index (χ2n) is 14.3. The van der Waals surface area contributed by atoms with Crippen LogP contribution in [-0.4, -0.2) is 67.4 Å². The van der Waals surface area contributed by atoms with Crippen molar-refractivity contribution < 1.29 is 14.6 Å². The number of imidazole rings is 1. The number of nitrogens with zero attached hydrogens (tertiary/aromatic N) is 5. The first kappa shape index (κ1) is 31.3. The van der Waals surface area contributed by atoms with Crippen molar-refractivity contribution in [2.75, 3.05) is 31.6 Å². The molecule has 3 aromatic carbocycles. The van der Waals surface area contributed by atoms with Gasteiger partial charge in [-0.1, -0.05) is 60.7 Å². The number of benzene rings is 3. The van der Waals surface area contributed by atoms with Crippen LogP contribution in [0.25, 0.3) is 39.6 Å². The van der Waals surface area contributed by atoms with Gasteiger partial charge in [-0.2, -0.15) is 0 Å². The maximum absolute atomic E-state index is 12.7. The van der Waals surface area contributed by atoms with Gasteiger partial charge in [0.25, 0.3) is 0 Å². The van der Waals surface area contributed by atoms with E-state index >= 15 is 0 Å². The molecule has 1 saturated heterocycles. The Morgan fingerprint density at radius 2 is 1.65 bits per heavy atom. The van der Waals surface area contributed by atoms with Crippen molar-refractivity contribution in [3.05, 3.63) is 102 Å². The summed E-state index contributed by atoms with van der Waals surface area (Å²) in [6.45, 7) is 10.3. The molecule has 0 spiro atoms. The minimum absolute atomic E-state index is 0.536. The number of fused-ring (bicyclic) bond motifs is 5. The van der Waals surface area contributed by atoms with Crippen molar-refractivity contribution in [2.45, 2.75) is 57.7 Å². The minimum Gasteiger partial charge on any atom is -0.465 e. The molecule has 9 heteroatoms. The summed E-state index contributed by atoms with van der Waals surface area (Å²) in [6.07, 6.45) is 3.54. The van der Waals surface area contributed by atoms with Gasteiger partial charge in [-0.05, 0) is 75.4 Å². The summed E-state index contributed by atoms with van der Waals surface area (Å²) in [7, 11) is 0. The molecule has 1 saturated carbocycles. The standard InChI is InChI=1S/C40H42N6O3/c1-39(2,3)46(38(47)48)40(19-7-20-40)30-17-15-29(16-18-30)35-34(28-13-11-27(12-14-28)26-44-22-24-49-25-23-44)43-37-31-8-4-5-9-32(31)42-36-33(45(35)37)10-6-21-41-36/h4-6,8-18,21H,7,19-20,22-26H2,1-3H3,(H,41,42)(H,47,48). The van der Waals surface area contributed by atoms with Crippen molar-refractivity contribution in [1.29, 1.82) is 0 Å². The van der Waals surface area contributed by atoms with Crippen LogP contribution in [0, 0.1) is 0 Å². The molecule has 5 aromatic rings.